The van der Waals surface area contributed by atoms with Crippen molar-refractivity contribution in [3.8, 4) is 0 Å². The second-order valence-electron chi connectivity index (χ2n) is 5.70. The molecular formula is C16H31O5S-. The summed E-state index contributed by atoms with van der Waals surface area (Å²) in [7, 11) is -4.62. The highest BCUT2D eigenvalue weighted by Gasteiger charge is 2.25. The number of rotatable bonds is 14. The summed E-state index contributed by atoms with van der Waals surface area (Å²) in [5, 5.41) is -1.54. The average Bonchev–Trinajstić information content (AvgIpc) is 2.43. The molecule has 0 radical (unpaired) electrons. The third-order valence-corrected chi connectivity index (χ3v) is 4.84. The molecule has 5 nitrogen and oxygen atoms in total. The van der Waals surface area contributed by atoms with Crippen LogP contribution in [0.15, 0.2) is 0 Å². The molecule has 0 heterocycles. The minimum atomic E-state index is -4.62. The molecule has 0 amide bonds. The number of unbranched alkanes of at least 4 members (excludes halogenated alkanes) is 9. The Bertz CT molecular complexity index is 378. The van der Waals surface area contributed by atoms with Gasteiger partial charge in [-0.25, -0.2) is 8.42 Å². The molecule has 0 bridgehead atoms. The Balaban J connectivity index is 3.75. The van der Waals surface area contributed by atoms with Crippen molar-refractivity contribution in [2.45, 2.75) is 89.7 Å². The average molecular weight is 335 g/mol. The van der Waals surface area contributed by atoms with E-state index in [0.29, 0.717) is 6.42 Å². The zero-order chi connectivity index (χ0) is 16.8. The van der Waals surface area contributed by atoms with Crippen molar-refractivity contribution in [3.63, 3.8) is 0 Å². The summed E-state index contributed by atoms with van der Waals surface area (Å²) in [6, 6.07) is 0. The molecule has 1 atom stereocenters. The predicted octanol–water partition coefficient (Wildman–Crippen LogP) is 3.77. The molecule has 0 fully saturated rings. The number of ether oxygens (including phenoxy) is 1. The molecule has 0 aliphatic carbocycles. The standard InChI is InChI=1S/C16H32O5S/c1-3-5-6-7-8-9-10-11-12-13-14-15(22(18,19)20)16(17)21-4-2/h15H,3-14H2,1-2H3,(H,18,19,20)/p-1. The smallest absolute Gasteiger partial charge is 0.323 e. The highest BCUT2D eigenvalue weighted by Crippen LogP contribution is 2.15. The number of carbonyl (C=O) groups is 1. The van der Waals surface area contributed by atoms with Gasteiger partial charge in [0.25, 0.3) is 0 Å². The Labute approximate surface area is 135 Å². The van der Waals surface area contributed by atoms with E-state index in [2.05, 4.69) is 11.7 Å². The van der Waals surface area contributed by atoms with Crippen LogP contribution in [0.5, 0.6) is 0 Å². The highest BCUT2D eigenvalue weighted by atomic mass is 32.2. The topological polar surface area (TPSA) is 83.5 Å². The Hall–Kier alpha value is -0.620. The molecule has 0 aromatic carbocycles. The van der Waals surface area contributed by atoms with Gasteiger partial charge in [-0.3, -0.25) is 4.79 Å². The van der Waals surface area contributed by atoms with Crippen LogP contribution in [0.4, 0.5) is 0 Å². The van der Waals surface area contributed by atoms with E-state index in [1.54, 1.807) is 6.92 Å². The normalized spacial score (nSPS) is 13.0. The van der Waals surface area contributed by atoms with Crippen molar-refractivity contribution in [3.05, 3.63) is 0 Å². The van der Waals surface area contributed by atoms with Gasteiger partial charge in [0.2, 0.25) is 0 Å². The van der Waals surface area contributed by atoms with Crippen LogP contribution in [0.2, 0.25) is 0 Å². The largest absolute Gasteiger partial charge is 0.747 e. The van der Waals surface area contributed by atoms with Gasteiger partial charge >= 0.3 is 5.97 Å². The first kappa shape index (κ1) is 21.4. The first-order chi connectivity index (χ1) is 10.4. The molecule has 0 aromatic heterocycles. The fourth-order valence-electron chi connectivity index (χ4n) is 2.43. The van der Waals surface area contributed by atoms with Gasteiger partial charge in [-0.2, -0.15) is 0 Å². The van der Waals surface area contributed by atoms with Crippen LogP contribution in [-0.2, 0) is 19.6 Å². The maximum Gasteiger partial charge on any atom is 0.323 e. The van der Waals surface area contributed by atoms with Crippen molar-refractivity contribution in [2.75, 3.05) is 6.61 Å². The van der Waals surface area contributed by atoms with E-state index in [4.69, 9.17) is 0 Å². The summed E-state index contributed by atoms with van der Waals surface area (Å²) in [6.45, 7) is 3.88. The fraction of sp³-hybridized carbons (Fsp3) is 0.938. The SMILES string of the molecule is CCCCCCCCCCCCC(C(=O)OCC)S(=O)(=O)[O-]. The summed E-state index contributed by atoms with van der Waals surface area (Å²) >= 11 is 0. The van der Waals surface area contributed by atoms with Crippen molar-refractivity contribution < 1.29 is 22.5 Å². The molecule has 0 rings (SSSR count). The minimum absolute atomic E-state index is 0.0706. The van der Waals surface area contributed by atoms with Crippen LogP contribution in [-0.4, -0.2) is 30.8 Å². The number of hydrogen-bond acceptors (Lipinski definition) is 5. The summed E-state index contributed by atoms with van der Waals surface area (Å²) in [6.07, 6.45) is 11.2. The van der Waals surface area contributed by atoms with Crippen molar-refractivity contribution >= 4 is 16.1 Å². The monoisotopic (exact) mass is 335 g/mol. The van der Waals surface area contributed by atoms with E-state index in [-0.39, 0.29) is 13.0 Å². The van der Waals surface area contributed by atoms with Gasteiger partial charge in [-0.05, 0) is 13.3 Å². The number of carbonyl (C=O) groups excluding carboxylic acids is 1. The Morgan fingerprint density at radius 2 is 1.36 bits per heavy atom. The van der Waals surface area contributed by atoms with E-state index < -0.39 is 21.3 Å². The van der Waals surface area contributed by atoms with Gasteiger partial charge in [0.1, 0.15) is 15.4 Å². The van der Waals surface area contributed by atoms with E-state index >= 15 is 0 Å². The molecule has 0 saturated heterocycles. The van der Waals surface area contributed by atoms with Crippen molar-refractivity contribution in [1.82, 2.24) is 0 Å². The first-order valence-electron chi connectivity index (χ1n) is 8.54. The lowest BCUT2D eigenvalue weighted by atomic mass is 10.1. The zero-order valence-corrected chi connectivity index (χ0v) is 14.8. The molecule has 0 aromatic rings. The quantitative estimate of drug-likeness (QED) is 0.274. The lowest BCUT2D eigenvalue weighted by Crippen LogP contribution is -2.31. The van der Waals surface area contributed by atoms with Gasteiger partial charge in [-0.15, -0.1) is 0 Å². The summed E-state index contributed by atoms with van der Waals surface area (Å²) in [5.74, 6) is -0.909. The third-order valence-electron chi connectivity index (χ3n) is 3.72. The summed E-state index contributed by atoms with van der Waals surface area (Å²) in [5.41, 5.74) is 0. The molecule has 132 valence electrons. The van der Waals surface area contributed by atoms with E-state index in [1.807, 2.05) is 0 Å². The maximum atomic E-state index is 11.5. The summed E-state index contributed by atoms with van der Waals surface area (Å²) in [4.78, 5) is 11.5. The molecule has 0 aliphatic rings. The fourth-order valence-corrected chi connectivity index (χ4v) is 3.19. The molecular weight excluding hydrogens is 304 g/mol. The maximum absolute atomic E-state index is 11.5. The molecule has 0 N–H and O–H groups in total. The van der Waals surface area contributed by atoms with Crippen molar-refractivity contribution in [1.29, 1.82) is 0 Å². The van der Waals surface area contributed by atoms with Crippen LogP contribution in [0.1, 0.15) is 84.5 Å². The highest BCUT2D eigenvalue weighted by molar-refractivity contribution is 7.87. The van der Waals surface area contributed by atoms with Gasteiger partial charge in [0.15, 0.2) is 0 Å². The predicted molar refractivity (Wildman–Crippen MR) is 86.6 cm³/mol. The zero-order valence-electron chi connectivity index (χ0n) is 14.0. The minimum Gasteiger partial charge on any atom is -0.747 e. The molecule has 0 spiro atoms. The van der Waals surface area contributed by atoms with Crippen LogP contribution in [0, 0.1) is 0 Å². The molecule has 6 heteroatoms. The third kappa shape index (κ3) is 11.0. The van der Waals surface area contributed by atoms with E-state index in [9.17, 15) is 17.8 Å². The number of esters is 1. The Morgan fingerprint density at radius 1 is 0.909 bits per heavy atom. The van der Waals surface area contributed by atoms with E-state index in [1.165, 1.54) is 38.5 Å². The van der Waals surface area contributed by atoms with Gasteiger partial charge in [0.05, 0.1) is 6.61 Å². The first-order valence-corrected chi connectivity index (χ1v) is 10.0. The second-order valence-corrected chi connectivity index (χ2v) is 7.26. The molecule has 1 unspecified atom stereocenters. The lowest BCUT2D eigenvalue weighted by molar-refractivity contribution is -0.142. The summed E-state index contributed by atoms with van der Waals surface area (Å²) < 4.78 is 37.9. The van der Waals surface area contributed by atoms with Gasteiger partial charge in [-0.1, -0.05) is 71.1 Å². The van der Waals surface area contributed by atoms with Crippen LogP contribution in [0.3, 0.4) is 0 Å². The van der Waals surface area contributed by atoms with Crippen LogP contribution in [0.25, 0.3) is 0 Å². The lowest BCUT2D eigenvalue weighted by Gasteiger charge is -2.18. The Kier molecular flexibility index (Phi) is 12.5. The second kappa shape index (κ2) is 12.9. The van der Waals surface area contributed by atoms with Crippen LogP contribution < -0.4 is 0 Å². The van der Waals surface area contributed by atoms with Crippen LogP contribution >= 0.6 is 0 Å². The molecule has 22 heavy (non-hydrogen) atoms. The van der Waals surface area contributed by atoms with Gasteiger partial charge in [0, 0.05) is 0 Å². The molecule has 0 saturated carbocycles. The Morgan fingerprint density at radius 3 is 1.77 bits per heavy atom. The van der Waals surface area contributed by atoms with Gasteiger partial charge < -0.3 is 9.29 Å². The van der Waals surface area contributed by atoms with E-state index in [0.717, 1.165) is 19.3 Å². The number of hydrogen-bond donors (Lipinski definition) is 0. The van der Waals surface area contributed by atoms with Crippen molar-refractivity contribution in [2.24, 2.45) is 0 Å². The molecule has 0 aliphatic heterocycles.